The molecule has 0 aliphatic carbocycles. The van der Waals surface area contributed by atoms with Crippen molar-refractivity contribution in [3.63, 3.8) is 0 Å². The summed E-state index contributed by atoms with van der Waals surface area (Å²) in [7, 11) is 0. The molecule has 0 aliphatic heterocycles. The fourth-order valence-corrected chi connectivity index (χ4v) is 2.59. The minimum absolute atomic E-state index is 0.146. The topological polar surface area (TPSA) is 71.5 Å². The van der Waals surface area contributed by atoms with Gasteiger partial charge in [0.15, 0.2) is 0 Å². The van der Waals surface area contributed by atoms with E-state index in [-0.39, 0.29) is 6.61 Å². The predicted molar refractivity (Wildman–Crippen MR) is 89.7 cm³/mol. The molecule has 1 rings (SSSR count). The van der Waals surface area contributed by atoms with E-state index in [1.807, 2.05) is 26.8 Å². The van der Waals surface area contributed by atoms with Gasteiger partial charge in [0.2, 0.25) is 0 Å². The van der Waals surface area contributed by atoms with Gasteiger partial charge in [-0.25, -0.2) is 9.78 Å². The van der Waals surface area contributed by atoms with Crippen LogP contribution in [0.1, 0.15) is 43.5 Å². The Kier molecular flexibility index (Phi) is 7.27. The molecule has 0 fully saturated rings. The van der Waals surface area contributed by atoms with Crippen molar-refractivity contribution in [2.75, 3.05) is 6.61 Å². The highest BCUT2D eigenvalue weighted by atomic mass is 32.1. The van der Waals surface area contributed by atoms with Crippen molar-refractivity contribution in [2.24, 2.45) is 0 Å². The molecule has 0 radical (unpaired) electrons. The van der Waals surface area contributed by atoms with Crippen LogP contribution in [-0.2, 0) is 11.3 Å². The van der Waals surface area contributed by atoms with Gasteiger partial charge >= 0.3 is 6.09 Å². The van der Waals surface area contributed by atoms with E-state index in [4.69, 9.17) is 9.84 Å². The Morgan fingerprint density at radius 3 is 2.86 bits per heavy atom. The standard InChI is InChI=1S/C16H24N2O3S/c1-5-7-12(8-6-9-19)14-17-10-13(22-14)11-18-15(20)21-16(2,3)4/h5,7,10,19H,1,6,8-9,11H2,2-4H3,(H,18,20)/b12-7+. The monoisotopic (exact) mass is 324 g/mol. The summed E-state index contributed by atoms with van der Waals surface area (Å²) in [5.74, 6) is 0. The highest BCUT2D eigenvalue weighted by molar-refractivity contribution is 7.12. The molecule has 1 aromatic heterocycles. The van der Waals surface area contributed by atoms with E-state index >= 15 is 0 Å². The van der Waals surface area contributed by atoms with E-state index in [9.17, 15) is 4.79 Å². The molecule has 2 N–H and O–H groups in total. The number of rotatable bonds is 7. The molecule has 0 aliphatic rings. The average Bonchev–Trinajstić information content (AvgIpc) is 2.88. The lowest BCUT2D eigenvalue weighted by Crippen LogP contribution is -2.31. The number of allylic oxidation sites excluding steroid dienone is 3. The van der Waals surface area contributed by atoms with Crippen LogP contribution in [0.4, 0.5) is 4.79 Å². The van der Waals surface area contributed by atoms with Gasteiger partial charge < -0.3 is 15.2 Å². The quantitative estimate of drug-likeness (QED) is 0.753. The summed E-state index contributed by atoms with van der Waals surface area (Å²) in [5.41, 5.74) is 0.533. The first-order valence-electron chi connectivity index (χ1n) is 7.20. The summed E-state index contributed by atoms with van der Waals surface area (Å²) in [6.45, 7) is 9.70. The van der Waals surface area contributed by atoms with Crippen LogP contribution in [0.15, 0.2) is 24.9 Å². The molecule has 22 heavy (non-hydrogen) atoms. The van der Waals surface area contributed by atoms with Gasteiger partial charge in [-0.1, -0.05) is 18.7 Å². The van der Waals surface area contributed by atoms with Crippen molar-refractivity contribution in [1.29, 1.82) is 0 Å². The van der Waals surface area contributed by atoms with Crippen molar-refractivity contribution >= 4 is 23.0 Å². The lowest BCUT2D eigenvalue weighted by Gasteiger charge is -2.19. The second-order valence-electron chi connectivity index (χ2n) is 5.74. The molecule has 0 unspecified atom stereocenters. The zero-order chi connectivity index (χ0) is 16.6. The highest BCUT2D eigenvalue weighted by Crippen LogP contribution is 2.25. The van der Waals surface area contributed by atoms with Gasteiger partial charge in [-0.05, 0) is 39.2 Å². The van der Waals surface area contributed by atoms with Crippen LogP contribution in [0.5, 0.6) is 0 Å². The molecule has 0 atom stereocenters. The predicted octanol–water partition coefficient (Wildman–Crippen LogP) is 3.51. The second-order valence-corrected chi connectivity index (χ2v) is 6.86. The number of ether oxygens (including phenoxy) is 1. The van der Waals surface area contributed by atoms with Crippen LogP contribution in [0.25, 0.3) is 5.57 Å². The number of hydrogen-bond donors (Lipinski definition) is 2. The van der Waals surface area contributed by atoms with Crippen LogP contribution >= 0.6 is 11.3 Å². The first-order chi connectivity index (χ1) is 10.4. The number of thiazole rings is 1. The third-order valence-corrected chi connectivity index (χ3v) is 3.63. The normalized spacial score (nSPS) is 12.1. The Balaban J connectivity index is 2.61. The summed E-state index contributed by atoms with van der Waals surface area (Å²) in [4.78, 5) is 16.9. The first-order valence-corrected chi connectivity index (χ1v) is 8.01. The maximum atomic E-state index is 11.6. The summed E-state index contributed by atoms with van der Waals surface area (Å²) in [6, 6.07) is 0. The highest BCUT2D eigenvalue weighted by Gasteiger charge is 2.16. The van der Waals surface area contributed by atoms with Crippen molar-refractivity contribution in [1.82, 2.24) is 10.3 Å². The Labute approximate surface area is 135 Å². The number of aliphatic hydroxyl groups is 1. The first kappa shape index (κ1) is 18.4. The molecular weight excluding hydrogens is 300 g/mol. The Hall–Kier alpha value is -1.66. The van der Waals surface area contributed by atoms with Crippen molar-refractivity contribution < 1.29 is 14.6 Å². The fourth-order valence-electron chi connectivity index (χ4n) is 1.68. The maximum Gasteiger partial charge on any atom is 0.407 e. The molecule has 5 nitrogen and oxygen atoms in total. The van der Waals surface area contributed by atoms with Crippen LogP contribution in [-0.4, -0.2) is 28.4 Å². The Morgan fingerprint density at radius 1 is 1.55 bits per heavy atom. The molecule has 122 valence electrons. The molecular formula is C16H24N2O3S. The molecule has 1 heterocycles. The van der Waals surface area contributed by atoms with Gasteiger partial charge in [0.1, 0.15) is 10.6 Å². The van der Waals surface area contributed by atoms with E-state index in [0.717, 1.165) is 21.9 Å². The largest absolute Gasteiger partial charge is 0.444 e. The fraction of sp³-hybridized carbons (Fsp3) is 0.500. The lowest BCUT2D eigenvalue weighted by molar-refractivity contribution is 0.0524. The number of carbonyl (C=O) groups excluding carboxylic acids is 1. The van der Waals surface area contributed by atoms with E-state index in [0.29, 0.717) is 13.0 Å². The van der Waals surface area contributed by atoms with Gasteiger partial charge in [0.25, 0.3) is 0 Å². The number of nitrogens with one attached hydrogen (secondary N) is 1. The third kappa shape index (κ3) is 6.87. The molecule has 0 aromatic carbocycles. The minimum Gasteiger partial charge on any atom is -0.444 e. The average molecular weight is 324 g/mol. The van der Waals surface area contributed by atoms with Crippen LogP contribution in [0.3, 0.4) is 0 Å². The number of aromatic nitrogens is 1. The van der Waals surface area contributed by atoms with Crippen LogP contribution in [0, 0.1) is 0 Å². The summed E-state index contributed by atoms with van der Waals surface area (Å²) in [5, 5.41) is 12.5. The van der Waals surface area contributed by atoms with Gasteiger partial charge in [0.05, 0.1) is 6.54 Å². The van der Waals surface area contributed by atoms with E-state index in [1.165, 1.54) is 11.3 Å². The van der Waals surface area contributed by atoms with E-state index < -0.39 is 11.7 Å². The minimum atomic E-state index is -0.507. The van der Waals surface area contributed by atoms with Gasteiger partial charge in [0, 0.05) is 17.7 Å². The number of aliphatic hydroxyl groups excluding tert-OH is 1. The zero-order valence-electron chi connectivity index (χ0n) is 13.4. The number of hydrogen-bond acceptors (Lipinski definition) is 5. The molecule has 6 heteroatoms. The van der Waals surface area contributed by atoms with Gasteiger partial charge in [-0.15, -0.1) is 11.3 Å². The molecule has 1 amide bonds. The summed E-state index contributed by atoms with van der Waals surface area (Å²) >= 11 is 1.51. The van der Waals surface area contributed by atoms with Crippen molar-refractivity contribution in [3.8, 4) is 0 Å². The maximum absolute atomic E-state index is 11.6. The molecule has 0 saturated carbocycles. The SMILES string of the molecule is C=C/C=C(\CCCO)c1ncc(CNC(=O)OC(C)(C)C)s1. The molecule has 0 spiro atoms. The van der Waals surface area contributed by atoms with Crippen LogP contribution in [0.2, 0.25) is 0 Å². The lowest BCUT2D eigenvalue weighted by atomic mass is 10.1. The molecule has 0 saturated heterocycles. The van der Waals surface area contributed by atoms with E-state index in [2.05, 4.69) is 16.9 Å². The Bertz CT molecular complexity index is 530. The van der Waals surface area contributed by atoms with Crippen molar-refractivity contribution in [3.05, 3.63) is 34.8 Å². The number of nitrogens with zero attached hydrogens (tertiary/aromatic N) is 1. The summed E-state index contributed by atoms with van der Waals surface area (Å²) in [6.07, 6.45) is 6.35. The van der Waals surface area contributed by atoms with Gasteiger partial charge in [-0.2, -0.15) is 0 Å². The number of amides is 1. The molecule has 1 aromatic rings. The Morgan fingerprint density at radius 2 is 2.27 bits per heavy atom. The summed E-state index contributed by atoms with van der Waals surface area (Å²) < 4.78 is 5.19. The third-order valence-electron chi connectivity index (χ3n) is 2.56. The zero-order valence-corrected chi connectivity index (χ0v) is 14.2. The smallest absolute Gasteiger partial charge is 0.407 e. The number of alkyl carbamates (subject to hydrolysis) is 1. The van der Waals surface area contributed by atoms with Crippen LogP contribution < -0.4 is 5.32 Å². The molecule has 0 bridgehead atoms. The van der Waals surface area contributed by atoms with E-state index in [1.54, 1.807) is 12.3 Å². The van der Waals surface area contributed by atoms with Crippen molar-refractivity contribution in [2.45, 2.75) is 45.8 Å². The number of carbonyl (C=O) groups is 1. The van der Waals surface area contributed by atoms with Gasteiger partial charge in [-0.3, -0.25) is 0 Å². The second kappa shape index (κ2) is 8.70.